The van der Waals surface area contributed by atoms with Crippen molar-refractivity contribution >= 4 is 58.2 Å². The van der Waals surface area contributed by atoms with Crippen LogP contribution in [0, 0.1) is 0 Å². The number of carbonyl (C=O) groups excluding carboxylic acids is 4. The second kappa shape index (κ2) is 27.0. The minimum atomic E-state index is -0.659. The average Bonchev–Trinajstić information content (AvgIpc) is 2.75. The van der Waals surface area contributed by atoms with Crippen molar-refractivity contribution < 1.29 is 28.7 Å². The van der Waals surface area contributed by atoms with Gasteiger partial charge in [0.25, 0.3) is 22.9 Å². The van der Waals surface area contributed by atoms with E-state index < -0.39 is 23.0 Å². The van der Waals surface area contributed by atoms with Crippen molar-refractivity contribution in [1.29, 1.82) is 0 Å². The minimum Gasteiger partial charge on any atom is -0.366 e. The molecule has 6 N–H and O–H groups in total. The fraction of sp³-hybridized carbons (Fsp3) is 0.515. The number of morpholine rings is 2. The number of carbonyl (C=O) groups is 4. The first-order valence-corrected chi connectivity index (χ1v) is 31.8. The maximum absolute atomic E-state index is 14.4. The number of rotatable bonds is 18. The number of amides is 4. The molecule has 470 valence electrons. The molecule has 4 amide bonds. The Morgan fingerprint density at radius 2 is 0.932 bits per heavy atom. The summed E-state index contributed by atoms with van der Waals surface area (Å²) in [5.41, 5.74) is 6.76. The number of anilines is 2. The van der Waals surface area contributed by atoms with Gasteiger partial charge < -0.3 is 50.5 Å². The Balaban J connectivity index is 0.629. The van der Waals surface area contributed by atoms with Crippen LogP contribution in [0.25, 0.3) is 0 Å². The van der Waals surface area contributed by atoms with Crippen molar-refractivity contribution in [3.8, 4) is 0 Å². The van der Waals surface area contributed by atoms with Crippen molar-refractivity contribution in [2.45, 2.75) is 115 Å². The smallest absolute Gasteiger partial charge is 0.251 e. The molecule has 8 heterocycles. The molecule has 0 aliphatic carbocycles. The minimum absolute atomic E-state index is 0.0131. The predicted molar refractivity (Wildman–Crippen MR) is 342 cm³/mol. The van der Waals surface area contributed by atoms with Gasteiger partial charge >= 0.3 is 0 Å². The van der Waals surface area contributed by atoms with Crippen LogP contribution in [0.1, 0.15) is 86.3 Å². The van der Waals surface area contributed by atoms with Crippen LogP contribution in [0.3, 0.4) is 0 Å². The molecule has 6 atom stereocenters. The monoisotopic (exact) mass is 1240 g/mol. The van der Waals surface area contributed by atoms with Gasteiger partial charge in [0.05, 0.1) is 37.7 Å². The SMILES string of the molecule is C[C@@H]1CN(CC(=O)N2CC(C)(C)c3[nH]c(=O)c(Cc4ccc(Cl)cc4)cc32)[C@@H](CN2CCO[C@H](C(=O)NCc3ccc(CNC(=O)[C@@H]4CN(C[C@H]5CN[C@H](C)CN5CC(=O)N5CC(C)(C)c6[nH]c(=O)c(Cc7ccc(Cl)cc7)cc65)CCO4)cc3)C2)CN1. The molecule has 22 heteroatoms. The molecule has 0 unspecified atom stereocenters. The zero-order valence-electron chi connectivity index (χ0n) is 51.4. The summed E-state index contributed by atoms with van der Waals surface area (Å²) in [6.45, 7) is 21.4. The molecule has 0 radical (unpaired) electrons. The standard InChI is InChI=1S/C66H84Cl2N12O8/c1-41-31-77(37-57(81)79-39-65(3,4)59-53(79)25-47(61(83)73-59)23-43-11-15-49(67)16-12-43)51(29-69-41)33-75-19-21-87-55(35-75)63(85)71-27-45-7-9-46(10-8-45)28-72-64(86)56-36-76(20-22-88-56)34-52-30-70-42(2)32-78(52)38-58(82)80-40-66(5,6)60-54(80)26-48(62(84)74-60)24-44-13-17-50(68)18-14-44/h7-18,25-26,41-42,51-52,55-56,69-70H,19-24,27-40H2,1-6H3,(H,71,85)(H,72,86)(H,73,83)(H,74,84)/t41-,42-,51-,52-,55+,56+/m1/s1. The van der Waals surface area contributed by atoms with E-state index in [0.29, 0.717) is 139 Å². The molecule has 5 aromatic rings. The number of hydrogen-bond donors (Lipinski definition) is 6. The summed E-state index contributed by atoms with van der Waals surface area (Å²) in [5, 5.41) is 14.6. The number of aromatic amines is 2. The molecule has 2 aromatic heterocycles. The summed E-state index contributed by atoms with van der Waals surface area (Å²) in [4.78, 5) is 102. The highest BCUT2D eigenvalue weighted by Gasteiger charge is 2.43. The maximum atomic E-state index is 14.4. The Bertz CT molecular complexity index is 3240. The zero-order valence-corrected chi connectivity index (χ0v) is 52.9. The lowest BCUT2D eigenvalue weighted by Crippen LogP contribution is -2.62. The van der Waals surface area contributed by atoms with Gasteiger partial charge in [-0.15, -0.1) is 0 Å². The first kappa shape index (κ1) is 63.3. The number of nitrogens with one attached hydrogen (secondary N) is 6. The Kier molecular flexibility index (Phi) is 19.4. The Labute approximate surface area is 524 Å². The fourth-order valence-electron chi connectivity index (χ4n) is 13.4. The highest BCUT2D eigenvalue weighted by Crippen LogP contribution is 2.41. The van der Waals surface area contributed by atoms with Crippen LogP contribution < -0.4 is 42.2 Å². The van der Waals surface area contributed by atoms with E-state index in [9.17, 15) is 28.8 Å². The normalized spacial score (nSPS) is 24.0. The summed E-state index contributed by atoms with van der Waals surface area (Å²) in [6, 6.07) is 26.8. The molecule has 0 saturated carbocycles. The highest BCUT2D eigenvalue weighted by atomic mass is 35.5. The highest BCUT2D eigenvalue weighted by molar-refractivity contribution is 6.30. The first-order chi connectivity index (χ1) is 42.1. The molecular formula is C66H84Cl2N12O8. The number of halogens is 2. The number of nitrogens with zero attached hydrogens (tertiary/aromatic N) is 6. The van der Waals surface area contributed by atoms with Crippen LogP contribution in [0.2, 0.25) is 10.0 Å². The van der Waals surface area contributed by atoms with Gasteiger partial charge in [0.15, 0.2) is 0 Å². The van der Waals surface area contributed by atoms with Crippen molar-refractivity contribution in [3.63, 3.8) is 0 Å². The molecule has 4 saturated heterocycles. The van der Waals surface area contributed by atoms with E-state index in [4.69, 9.17) is 32.7 Å². The number of pyridine rings is 2. The summed E-state index contributed by atoms with van der Waals surface area (Å²) >= 11 is 12.3. The molecule has 6 aliphatic heterocycles. The van der Waals surface area contributed by atoms with Crippen molar-refractivity contribution in [2.24, 2.45) is 0 Å². The molecule has 3 aromatic carbocycles. The average molecular weight is 1240 g/mol. The Morgan fingerprint density at radius 1 is 0.557 bits per heavy atom. The topological polar surface area (TPSA) is 220 Å². The molecule has 0 spiro atoms. The molecule has 20 nitrogen and oxygen atoms in total. The van der Waals surface area contributed by atoms with Crippen LogP contribution >= 0.6 is 23.2 Å². The molecule has 6 aliphatic rings. The van der Waals surface area contributed by atoms with Gasteiger partial charge in [-0.2, -0.15) is 0 Å². The number of ether oxygens (including phenoxy) is 2. The lowest BCUT2D eigenvalue weighted by atomic mass is 9.91. The Hall–Kier alpha value is -6.30. The van der Waals surface area contributed by atoms with Gasteiger partial charge in [0.1, 0.15) is 12.2 Å². The van der Waals surface area contributed by atoms with E-state index in [1.54, 1.807) is 0 Å². The lowest BCUT2D eigenvalue weighted by molar-refractivity contribution is -0.139. The number of hydrogen-bond acceptors (Lipinski definition) is 14. The summed E-state index contributed by atoms with van der Waals surface area (Å²) < 4.78 is 12.0. The van der Waals surface area contributed by atoms with Crippen molar-refractivity contribution in [3.05, 3.63) is 160 Å². The second-order valence-corrected chi connectivity index (χ2v) is 27.3. The summed E-state index contributed by atoms with van der Waals surface area (Å²) in [7, 11) is 0. The lowest BCUT2D eigenvalue weighted by Gasteiger charge is -2.43. The van der Waals surface area contributed by atoms with E-state index in [2.05, 4.69) is 92.4 Å². The third kappa shape index (κ3) is 15.0. The maximum Gasteiger partial charge on any atom is 0.251 e. The number of piperazine rings is 2. The van der Waals surface area contributed by atoms with Gasteiger partial charge in [0, 0.05) is 172 Å². The largest absolute Gasteiger partial charge is 0.366 e. The summed E-state index contributed by atoms with van der Waals surface area (Å²) in [6.07, 6.45) is -0.485. The molecule has 88 heavy (non-hydrogen) atoms. The van der Waals surface area contributed by atoms with E-state index in [-0.39, 0.29) is 72.0 Å². The number of benzene rings is 3. The fourth-order valence-corrected chi connectivity index (χ4v) is 13.7. The van der Waals surface area contributed by atoms with Gasteiger partial charge in [0.2, 0.25) is 11.8 Å². The number of fused-ring (bicyclic) bond motifs is 2. The predicted octanol–water partition coefficient (Wildman–Crippen LogP) is 4.16. The molecule has 4 fully saturated rings. The van der Waals surface area contributed by atoms with Crippen molar-refractivity contribution in [2.75, 3.05) is 115 Å². The molecule has 11 rings (SSSR count). The third-order valence-electron chi connectivity index (χ3n) is 18.4. The van der Waals surface area contributed by atoms with Crippen LogP contribution in [-0.2, 0) is 65.4 Å². The van der Waals surface area contributed by atoms with Gasteiger partial charge in [-0.3, -0.25) is 48.4 Å². The second-order valence-electron chi connectivity index (χ2n) is 26.4. The van der Waals surface area contributed by atoms with Gasteiger partial charge in [-0.05, 0) is 72.5 Å². The number of H-pyrrole nitrogens is 2. The number of aromatic nitrogens is 2. The van der Waals surface area contributed by atoms with Crippen LogP contribution in [0.5, 0.6) is 0 Å². The van der Waals surface area contributed by atoms with Gasteiger partial charge in [-0.25, -0.2) is 0 Å². The van der Waals surface area contributed by atoms with E-state index in [1.807, 2.05) is 94.7 Å². The van der Waals surface area contributed by atoms with Crippen molar-refractivity contribution in [1.82, 2.24) is 50.8 Å². The van der Waals surface area contributed by atoms with E-state index >= 15 is 0 Å². The van der Waals surface area contributed by atoms with E-state index in [0.717, 1.165) is 45.0 Å². The quantitative estimate of drug-likeness (QED) is 0.0727. The Morgan fingerprint density at radius 3 is 1.32 bits per heavy atom. The third-order valence-corrected chi connectivity index (χ3v) is 18.9. The van der Waals surface area contributed by atoms with Crippen LogP contribution in [0.4, 0.5) is 11.4 Å². The van der Waals surface area contributed by atoms with E-state index in [1.165, 1.54) is 0 Å². The van der Waals surface area contributed by atoms with Crippen LogP contribution in [-0.4, -0.2) is 194 Å². The summed E-state index contributed by atoms with van der Waals surface area (Å²) in [5.74, 6) is -0.429. The first-order valence-electron chi connectivity index (χ1n) is 31.0. The van der Waals surface area contributed by atoms with Crippen LogP contribution in [0.15, 0.2) is 94.5 Å². The molecule has 0 bridgehead atoms. The zero-order chi connectivity index (χ0) is 62.0. The van der Waals surface area contributed by atoms with Gasteiger partial charge in [-0.1, -0.05) is 99.4 Å². The molecular weight excluding hydrogens is 1160 g/mol.